The third kappa shape index (κ3) is 1.48. The fraction of sp³-hybridized carbons (Fsp3) is 0.857. The van der Waals surface area contributed by atoms with E-state index in [1.165, 1.54) is 6.21 Å². The number of hydrogen-bond acceptors (Lipinski definition) is 3. The lowest BCUT2D eigenvalue weighted by atomic mass is 9.99. The smallest absolute Gasteiger partial charge is 0.0470 e. The minimum absolute atomic E-state index is 0.219. The van der Waals surface area contributed by atoms with Gasteiger partial charge in [-0.2, -0.15) is 0 Å². The van der Waals surface area contributed by atoms with Crippen LogP contribution in [-0.2, 0) is 0 Å². The largest absolute Gasteiger partial charge is 0.411 e. The third-order valence-corrected chi connectivity index (χ3v) is 2.21. The lowest BCUT2D eigenvalue weighted by molar-refractivity contribution is 0.214. The minimum Gasteiger partial charge on any atom is -0.411 e. The van der Waals surface area contributed by atoms with Crippen molar-refractivity contribution in [3.05, 3.63) is 0 Å². The SMILES string of the molecule is OCC1CCCC1/C=N/O. The molecule has 0 amide bonds. The van der Waals surface area contributed by atoms with E-state index in [1.54, 1.807) is 0 Å². The van der Waals surface area contributed by atoms with Crippen molar-refractivity contribution in [2.45, 2.75) is 19.3 Å². The Morgan fingerprint density at radius 2 is 2.30 bits per heavy atom. The molecule has 1 aliphatic carbocycles. The van der Waals surface area contributed by atoms with Gasteiger partial charge in [-0.3, -0.25) is 0 Å². The van der Waals surface area contributed by atoms with E-state index in [0.717, 1.165) is 19.3 Å². The van der Waals surface area contributed by atoms with Gasteiger partial charge in [0.1, 0.15) is 0 Å². The Bertz CT molecular complexity index is 125. The predicted molar refractivity (Wildman–Crippen MR) is 38.2 cm³/mol. The summed E-state index contributed by atoms with van der Waals surface area (Å²) in [5.74, 6) is 0.630. The maximum Gasteiger partial charge on any atom is 0.0470 e. The molecule has 0 bridgehead atoms. The summed E-state index contributed by atoms with van der Waals surface area (Å²) >= 11 is 0. The molecule has 1 rings (SSSR count). The van der Waals surface area contributed by atoms with E-state index >= 15 is 0 Å². The maximum atomic E-state index is 8.82. The maximum absolute atomic E-state index is 8.82. The van der Waals surface area contributed by atoms with Crippen LogP contribution in [0.3, 0.4) is 0 Å². The first-order valence-electron chi connectivity index (χ1n) is 3.67. The molecule has 2 unspecified atom stereocenters. The van der Waals surface area contributed by atoms with Gasteiger partial charge in [0, 0.05) is 18.7 Å². The second-order valence-electron chi connectivity index (χ2n) is 2.80. The highest BCUT2D eigenvalue weighted by atomic mass is 16.4. The van der Waals surface area contributed by atoms with Crippen LogP contribution in [0.15, 0.2) is 5.16 Å². The second-order valence-corrected chi connectivity index (χ2v) is 2.80. The van der Waals surface area contributed by atoms with Crippen LogP contribution in [0.5, 0.6) is 0 Å². The van der Waals surface area contributed by atoms with Crippen LogP contribution in [0.4, 0.5) is 0 Å². The first-order valence-corrected chi connectivity index (χ1v) is 3.67. The molecule has 0 aromatic rings. The zero-order valence-corrected chi connectivity index (χ0v) is 5.90. The van der Waals surface area contributed by atoms with Crippen LogP contribution in [0.1, 0.15) is 19.3 Å². The highest BCUT2D eigenvalue weighted by molar-refractivity contribution is 5.60. The van der Waals surface area contributed by atoms with Crippen LogP contribution in [-0.4, -0.2) is 23.1 Å². The Hall–Kier alpha value is -0.570. The molecule has 3 heteroatoms. The molecule has 58 valence electrons. The molecule has 0 spiro atoms. The first-order chi connectivity index (χ1) is 4.88. The summed E-state index contributed by atoms with van der Waals surface area (Å²) in [6, 6.07) is 0. The number of hydrogen-bond donors (Lipinski definition) is 2. The number of rotatable bonds is 2. The zero-order valence-electron chi connectivity index (χ0n) is 5.90. The average molecular weight is 143 g/mol. The minimum atomic E-state index is 0.219. The molecule has 0 radical (unpaired) electrons. The van der Waals surface area contributed by atoms with Crippen LogP contribution in [0.2, 0.25) is 0 Å². The number of aliphatic hydroxyl groups excluding tert-OH is 1. The fourth-order valence-corrected chi connectivity index (χ4v) is 1.57. The molecule has 0 aromatic heterocycles. The first kappa shape index (κ1) is 7.54. The van der Waals surface area contributed by atoms with E-state index in [-0.39, 0.29) is 6.61 Å². The third-order valence-electron chi connectivity index (χ3n) is 2.21. The number of aliphatic hydroxyl groups is 1. The Morgan fingerprint density at radius 1 is 1.50 bits per heavy atom. The fourth-order valence-electron chi connectivity index (χ4n) is 1.57. The Morgan fingerprint density at radius 3 is 2.90 bits per heavy atom. The van der Waals surface area contributed by atoms with E-state index in [9.17, 15) is 0 Å². The van der Waals surface area contributed by atoms with E-state index in [2.05, 4.69) is 5.16 Å². The van der Waals surface area contributed by atoms with Crippen molar-refractivity contribution in [2.75, 3.05) is 6.61 Å². The topological polar surface area (TPSA) is 52.8 Å². The molecule has 0 heterocycles. The summed E-state index contributed by atoms with van der Waals surface area (Å²) in [5.41, 5.74) is 0. The molecule has 0 aliphatic heterocycles. The molecular formula is C7H13NO2. The van der Waals surface area contributed by atoms with Gasteiger partial charge in [0.25, 0.3) is 0 Å². The van der Waals surface area contributed by atoms with Crippen LogP contribution < -0.4 is 0 Å². The second kappa shape index (κ2) is 3.56. The highest BCUT2D eigenvalue weighted by Gasteiger charge is 2.24. The normalized spacial score (nSPS) is 33.7. The van der Waals surface area contributed by atoms with Crippen LogP contribution in [0.25, 0.3) is 0 Å². The van der Waals surface area contributed by atoms with Crippen LogP contribution >= 0.6 is 0 Å². The molecular weight excluding hydrogens is 130 g/mol. The van der Waals surface area contributed by atoms with Crippen molar-refractivity contribution in [1.29, 1.82) is 0 Å². The van der Waals surface area contributed by atoms with Gasteiger partial charge in [0.05, 0.1) is 0 Å². The standard InChI is InChI=1S/C7H13NO2/c9-5-7-3-1-2-6(7)4-8-10/h4,6-7,9-10H,1-3,5H2/b8-4+. The van der Waals surface area contributed by atoms with Gasteiger partial charge < -0.3 is 10.3 Å². The molecule has 1 aliphatic rings. The average Bonchev–Trinajstić information content (AvgIpc) is 2.36. The van der Waals surface area contributed by atoms with Crippen molar-refractivity contribution in [1.82, 2.24) is 0 Å². The van der Waals surface area contributed by atoms with E-state index in [4.69, 9.17) is 10.3 Å². The highest BCUT2D eigenvalue weighted by Crippen LogP contribution is 2.29. The summed E-state index contributed by atoms with van der Waals surface area (Å²) in [6.07, 6.45) is 4.79. The van der Waals surface area contributed by atoms with Crippen molar-refractivity contribution in [2.24, 2.45) is 17.0 Å². The number of oxime groups is 1. The van der Waals surface area contributed by atoms with Crippen molar-refractivity contribution in [3.63, 3.8) is 0 Å². The van der Waals surface area contributed by atoms with Gasteiger partial charge in [0.15, 0.2) is 0 Å². The molecule has 0 saturated heterocycles. The Balaban J connectivity index is 2.41. The van der Waals surface area contributed by atoms with Crippen molar-refractivity contribution >= 4 is 6.21 Å². The van der Waals surface area contributed by atoms with Gasteiger partial charge in [-0.15, -0.1) is 5.16 Å². The summed E-state index contributed by atoms with van der Waals surface area (Å²) in [5, 5.41) is 20.0. The van der Waals surface area contributed by atoms with E-state index in [1.807, 2.05) is 0 Å². The van der Waals surface area contributed by atoms with Crippen molar-refractivity contribution < 1.29 is 10.3 Å². The molecule has 2 N–H and O–H groups in total. The lowest BCUT2D eigenvalue weighted by Crippen LogP contribution is -2.12. The summed E-state index contributed by atoms with van der Waals surface area (Å²) in [4.78, 5) is 0. The quantitative estimate of drug-likeness (QED) is 0.342. The van der Waals surface area contributed by atoms with Gasteiger partial charge >= 0.3 is 0 Å². The Labute approximate surface area is 60.4 Å². The van der Waals surface area contributed by atoms with Gasteiger partial charge in [-0.05, 0) is 18.8 Å². The molecule has 0 aromatic carbocycles. The molecule has 10 heavy (non-hydrogen) atoms. The lowest BCUT2D eigenvalue weighted by Gasteiger charge is -2.09. The monoisotopic (exact) mass is 143 g/mol. The van der Waals surface area contributed by atoms with Crippen LogP contribution in [0, 0.1) is 11.8 Å². The molecule has 1 saturated carbocycles. The summed E-state index contributed by atoms with van der Waals surface area (Å²) in [6.45, 7) is 0.219. The predicted octanol–water partition coefficient (Wildman–Crippen LogP) is 0.855. The van der Waals surface area contributed by atoms with E-state index < -0.39 is 0 Å². The van der Waals surface area contributed by atoms with Gasteiger partial charge in [-0.25, -0.2) is 0 Å². The van der Waals surface area contributed by atoms with E-state index in [0.29, 0.717) is 11.8 Å². The Kier molecular flexibility index (Phi) is 2.68. The summed E-state index contributed by atoms with van der Waals surface area (Å²) in [7, 11) is 0. The summed E-state index contributed by atoms with van der Waals surface area (Å²) < 4.78 is 0. The molecule has 3 nitrogen and oxygen atoms in total. The van der Waals surface area contributed by atoms with Crippen molar-refractivity contribution in [3.8, 4) is 0 Å². The molecule has 2 atom stereocenters. The molecule has 1 fully saturated rings. The van der Waals surface area contributed by atoms with Gasteiger partial charge in [0.2, 0.25) is 0 Å². The zero-order chi connectivity index (χ0) is 7.40. The number of nitrogens with zero attached hydrogens (tertiary/aromatic N) is 1. The van der Waals surface area contributed by atoms with Gasteiger partial charge in [-0.1, -0.05) is 6.42 Å².